The number of esters is 1. The van der Waals surface area contributed by atoms with Gasteiger partial charge in [-0.2, -0.15) is 0 Å². The Morgan fingerprint density at radius 3 is 2.71 bits per heavy atom. The van der Waals surface area contributed by atoms with Crippen LogP contribution in [0.2, 0.25) is 5.02 Å². The predicted molar refractivity (Wildman–Crippen MR) is 77.9 cm³/mol. The van der Waals surface area contributed by atoms with Gasteiger partial charge in [0.1, 0.15) is 18.2 Å². The smallest absolute Gasteiger partial charge is 0.338 e. The van der Waals surface area contributed by atoms with Crippen LogP contribution in [0.3, 0.4) is 0 Å². The van der Waals surface area contributed by atoms with Crippen LogP contribution in [-0.2, 0) is 11.3 Å². The van der Waals surface area contributed by atoms with Crippen molar-refractivity contribution in [2.45, 2.75) is 6.61 Å². The maximum Gasteiger partial charge on any atom is 0.338 e. The van der Waals surface area contributed by atoms with Crippen LogP contribution < -0.4 is 10.5 Å². The second-order valence-corrected chi connectivity index (χ2v) is 4.68. The number of benzene rings is 2. The van der Waals surface area contributed by atoms with E-state index in [9.17, 15) is 9.18 Å². The van der Waals surface area contributed by atoms with Crippen molar-refractivity contribution in [3.8, 4) is 5.75 Å². The first-order chi connectivity index (χ1) is 10.0. The van der Waals surface area contributed by atoms with E-state index in [0.29, 0.717) is 22.0 Å². The van der Waals surface area contributed by atoms with Gasteiger partial charge in [-0.3, -0.25) is 0 Å². The Kier molecular flexibility index (Phi) is 4.65. The van der Waals surface area contributed by atoms with Gasteiger partial charge in [0, 0.05) is 10.6 Å². The minimum atomic E-state index is -0.579. The number of hydrogen-bond acceptors (Lipinski definition) is 4. The lowest BCUT2D eigenvalue weighted by Gasteiger charge is -2.09. The average molecular weight is 310 g/mol. The van der Waals surface area contributed by atoms with Gasteiger partial charge in [-0.1, -0.05) is 11.6 Å². The molecule has 0 heterocycles. The Hall–Kier alpha value is -2.27. The lowest BCUT2D eigenvalue weighted by molar-refractivity contribution is 0.0472. The number of carbonyl (C=O) groups is 1. The standard InChI is InChI=1S/C15H13ClFNO3/c1-20-14-5-2-9(7-13(14)18)15(19)21-8-10-6-11(17)3-4-12(10)16/h2-7H,8,18H2,1H3. The Morgan fingerprint density at radius 2 is 2.05 bits per heavy atom. The third kappa shape index (κ3) is 3.64. The number of anilines is 1. The molecule has 0 aliphatic heterocycles. The summed E-state index contributed by atoms with van der Waals surface area (Å²) >= 11 is 5.90. The number of rotatable bonds is 4. The molecule has 0 amide bonds. The summed E-state index contributed by atoms with van der Waals surface area (Å²) in [6.45, 7) is -0.124. The number of ether oxygens (including phenoxy) is 2. The second-order valence-electron chi connectivity index (χ2n) is 4.27. The molecular weight excluding hydrogens is 297 g/mol. The van der Waals surface area contributed by atoms with E-state index in [1.165, 1.54) is 37.4 Å². The average Bonchev–Trinajstić information content (AvgIpc) is 2.47. The summed E-state index contributed by atoms with van der Waals surface area (Å²) in [5.41, 5.74) is 6.72. The third-order valence-electron chi connectivity index (χ3n) is 2.83. The molecule has 110 valence electrons. The van der Waals surface area contributed by atoms with Gasteiger partial charge in [0.05, 0.1) is 18.4 Å². The molecule has 6 heteroatoms. The van der Waals surface area contributed by atoms with Gasteiger partial charge in [-0.05, 0) is 36.4 Å². The molecule has 0 aliphatic rings. The topological polar surface area (TPSA) is 61.5 Å². The number of carbonyl (C=O) groups excluding carboxylic acids is 1. The summed E-state index contributed by atoms with van der Waals surface area (Å²) < 4.78 is 23.2. The van der Waals surface area contributed by atoms with Crippen molar-refractivity contribution in [1.82, 2.24) is 0 Å². The molecule has 21 heavy (non-hydrogen) atoms. The first kappa shape index (κ1) is 15.1. The van der Waals surface area contributed by atoms with Crippen LogP contribution in [0.5, 0.6) is 5.75 Å². The zero-order chi connectivity index (χ0) is 15.4. The molecule has 0 bridgehead atoms. The number of nitrogen functional groups attached to an aromatic ring is 1. The Labute approximate surface area is 126 Å². The van der Waals surface area contributed by atoms with E-state index in [2.05, 4.69) is 0 Å². The molecule has 2 rings (SSSR count). The van der Waals surface area contributed by atoms with Gasteiger partial charge in [0.15, 0.2) is 0 Å². The van der Waals surface area contributed by atoms with E-state index < -0.39 is 11.8 Å². The highest BCUT2D eigenvalue weighted by atomic mass is 35.5. The molecule has 0 fully saturated rings. The van der Waals surface area contributed by atoms with E-state index in [1.807, 2.05) is 0 Å². The molecule has 0 saturated heterocycles. The van der Waals surface area contributed by atoms with E-state index in [1.54, 1.807) is 6.07 Å². The molecular formula is C15H13ClFNO3. The normalized spacial score (nSPS) is 10.2. The summed E-state index contributed by atoms with van der Waals surface area (Å²) in [7, 11) is 1.48. The van der Waals surface area contributed by atoms with E-state index in [-0.39, 0.29) is 12.2 Å². The van der Waals surface area contributed by atoms with Crippen molar-refractivity contribution in [2.75, 3.05) is 12.8 Å². The van der Waals surface area contributed by atoms with E-state index in [0.717, 1.165) is 0 Å². The van der Waals surface area contributed by atoms with Gasteiger partial charge < -0.3 is 15.2 Å². The Morgan fingerprint density at radius 1 is 1.29 bits per heavy atom. The minimum Gasteiger partial charge on any atom is -0.495 e. The lowest BCUT2D eigenvalue weighted by Crippen LogP contribution is -2.06. The summed E-state index contributed by atoms with van der Waals surface area (Å²) in [4.78, 5) is 11.9. The summed E-state index contributed by atoms with van der Waals surface area (Å²) in [6.07, 6.45) is 0. The van der Waals surface area contributed by atoms with Crippen molar-refractivity contribution < 1.29 is 18.7 Å². The first-order valence-electron chi connectivity index (χ1n) is 6.06. The van der Waals surface area contributed by atoms with Gasteiger partial charge in [0.25, 0.3) is 0 Å². The van der Waals surface area contributed by atoms with Crippen LogP contribution in [0.1, 0.15) is 15.9 Å². The zero-order valence-electron chi connectivity index (χ0n) is 11.2. The largest absolute Gasteiger partial charge is 0.495 e. The zero-order valence-corrected chi connectivity index (χ0v) is 12.0. The molecule has 0 spiro atoms. The molecule has 0 radical (unpaired) electrons. The first-order valence-corrected chi connectivity index (χ1v) is 6.43. The molecule has 2 N–H and O–H groups in total. The van der Waals surface area contributed by atoms with Crippen molar-refractivity contribution in [2.24, 2.45) is 0 Å². The van der Waals surface area contributed by atoms with Crippen LogP contribution >= 0.6 is 11.6 Å². The highest BCUT2D eigenvalue weighted by Gasteiger charge is 2.11. The number of nitrogens with two attached hydrogens (primary N) is 1. The van der Waals surface area contributed by atoms with E-state index >= 15 is 0 Å². The van der Waals surface area contributed by atoms with Crippen LogP contribution in [-0.4, -0.2) is 13.1 Å². The SMILES string of the molecule is COc1ccc(C(=O)OCc2cc(F)ccc2Cl)cc1N. The molecule has 0 aromatic heterocycles. The minimum absolute atomic E-state index is 0.124. The van der Waals surface area contributed by atoms with Crippen molar-refractivity contribution in [3.05, 3.63) is 58.4 Å². The summed E-state index contributed by atoms with van der Waals surface area (Å²) in [6, 6.07) is 8.42. The second kappa shape index (κ2) is 6.45. The van der Waals surface area contributed by atoms with Crippen LogP contribution in [0.15, 0.2) is 36.4 Å². The molecule has 2 aromatic carbocycles. The summed E-state index contributed by atoms with van der Waals surface area (Å²) in [5.74, 6) is -0.552. The van der Waals surface area contributed by atoms with Gasteiger partial charge >= 0.3 is 5.97 Å². The maximum absolute atomic E-state index is 13.1. The Balaban J connectivity index is 2.08. The van der Waals surface area contributed by atoms with Crippen molar-refractivity contribution in [1.29, 1.82) is 0 Å². The van der Waals surface area contributed by atoms with Gasteiger partial charge in [0.2, 0.25) is 0 Å². The predicted octanol–water partition coefficient (Wildman–Crippen LogP) is 3.43. The van der Waals surface area contributed by atoms with Gasteiger partial charge in [-0.25, -0.2) is 9.18 Å². The quantitative estimate of drug-likeness (QED) is 0.694. The highest BCUT2D eigenvalue weighted by Crippen LogP contribution is 2.23. The molecule has 2 aromatic rings. The number of hydrogen-bond donors (Lipinski definition) is 1. The van der Waals surface area contributed by atoms with Crippen LogP contribution in [0.4, 0.5) is 10.1 Å². The van der Waals surface area contributed by atoms with Gasteiger partial charge in [-0.15, -0.1) is 0 Å². The third-order valence-corrected chi connectivity index (χ3v) is 3.20. The lowest BCUT2D eigenvalue weighted by atomic mass is 10.2. The number of methoxy groups -OCH3 is 1. The Bertz CT molecular complexity index is 676. The molecule has 4 nitrogen and oxygen atoms in total. The summed E-state index contributed by atoms with van der Waals surface area (Å²) in [5, 5.41) is 0.332. The molecule has 0 saturated carbocycles. The maximum atomic E-state index is 13.1. The molecule has 0 atom stereocenters. The number of halogens is 2. The fourth-order valence-electron chi connectivity index (χ4n) is 1.74. The van der Waals surface area contributed by atoms with Crippen molar-refractivity contribution in [3.63, 3.8) is 0 Å². The fraction of sp³-hybridized carbons (Fsp3) is 0.133. The monoisotopic (exact) mass is 309 g/mol. The molecule has 0 aliphatic carbocycles. The van der Waals surface area contributed by atoms with Crippen LogP contribution in [0.25, 0.3) is 0 Å². The fourth-order valence-corrected chi connectivity index (χ4v) is 1.91. The van der Waals surface area contributed by atoms with Crippen molar-refractivity contribution >= 4 is 23.3 Å². The molecule has 0 unspecified atom stereocenters. The van der Waals surface area contributed by atoms with Crippen LogP contribution in [0, 0.1) is 5.82 Å². The highest BCUT2D eigenvalue weighted by molar-refractivity contribution is 6.31. The van der Waals surface area contributed by atoms with E-state index in [4.69, 9.17) is 26.8 Å².